The van der Waals surface area contributed by atoms with Crippen molar-refractivity contribution in [3.8, 4) is 11.1 Å². The summed E-state index contributed by atoms with van der Waals surface area (Å²) in [7, 11) is 2.14. The summed E-state index contributed by atoms with van der Waals surface area (Å²) < 4.78 is 0. The largest absolute Gasteiger partial charge is 0.481 e. The molecule has 0 radical (unpaired) electrons. The van der Waals surface area contributed by atoms with Gasteiger partial charge in [0, 0.05) is 48.8 Å². The molecule has 0 bridgehead atoms. The predicted octanol–water partition coefficient (Wildman–Crippen LogP) is 6.07. The van der Waals surface area contributed by atoms with Gasteiger partial charge in [0.05, 0.1) is 12.6 Å². The van der Waals surface area contributed by atoms with Gasteiger partial charge in [0.25, 0.3) is 0 Å². The van der Waals surface area contributed by atoms with Gasteiger partial charge in [-0.2, -0.15) is 4.98 Å². The molecule has 6 rings (SSSR count). The van der Waals surface area contributed by atoms with E-state index in [1.165, 1.54) is 16.7 Å². The van der Waals surface area contributed by atoms with Crippen molar-refractivity contribution >= 4 is 35.0 Å². The highest BCUT2D eigenvalue weighted by atomic mass is 35.5. The Morgan fingerprint density at radius 1 is 1.27 bits per heavy atom. The van der Waals surface area contributed by atoms with Gasteiger partial charge in [-0.1, -0.05) is 31.5 Å². The Hall–Kier alpha value is -3.75. The third-order valence-electron chi connectivity index (χ3n) is 8.28. The van der Waals surface area contributed by atoms with E-state index in [2.05, 4.69) is 63.3 Å². The molecule has 1 aromatic carbocycles. The fourth-order valence-electron chi connectivity index (χ4n) is 6.62. The van der Waals surface area contributed by atoms with Crippen LogP contribution in [0.4, 0.5) is 17.5 Å². The number of fused-ring (bicyclic) bond motifs is 1. The monoisotopic (exact) mass is 556 g/mol. The van der Waals surface area contributed by atoms with Gasteiger partial charge in [0.15, 0.2) is 5.82 Å². The molecule has 0 spiro atoms. The van der Waals surface area contributed by atoms with E-state index in [-0.39, 0.29) is 12.3 Å². The fourth-order valence-corrected chi connectivity index (χ4v) is 6.81. The van der Waals surface area contributed by atoms with Crippen LogP contribution < -0.4 is 10.2 Å². The van der Waals surface area contributed by atoms with Crippen LogP contribution in [0.2, 0.25) is 5.02 Å². The summed E-state index contributed by atoms with van der Waals surface area (Å²) in [5.74, 6) is 0.447. The van der Waals surface area contributed by atoms with Crippen LogP contribution in [-0.4, -0.2) is 51.1 Å². The summed E-state index contributed by atoms with van der Waals surface area (Å²) in [6.45, 7) is 6.57. The Kier molecular flexibility index (Phi) is 6.84. The van der Waals surface area contributed by atoms with E-state index in [1.54, 1.807) is 6.20 Å². The number of carbonyl (C=O) groups is 1. The third kappa shape index (κ3) is 4.86. The molecule has 0 fully saturated rings. The molecule has 2 N–H and O–H groups in total. The molecule has 1 aliphatic carbocycles. The van der Waals surface area contributed by atoms with Crippen LogP contribution in [0.1, 0.15) is 37.8 Å². The minimum Gasteiger partial charge on any atom is -0.481 e. The molecule has 0 saturated carbocycles. The number of hydrogen-bond acceptors (Lipinski definition) is 7. The van der Waals surface area contributed by atoms with Gasteiger partial charge in [0.2, 0.25) is 5.95 Å². The average molecular weight is 557 g/mol. The fraction of sp³-hybridized carbons (Fsp3) is 0.355. The molecule has 9 heteroatoms. The highest BCUT2D eigenvalue weighted by Gasteiger charge is 2.45. The van der Waals surface area contributed by atoms with Crippen molar-refractivity contribution in [2.24, 2.45) is 11.3 Å². The minimum atomic E-state index is -0.808. The van der Waals surface area contributed by atoms with Gasteiger partial charge in [-0.3, -0.25) is 9.78 Å². The number of anilines is 3. The van der Waals surface area contributed by atoms with Crippen LogP contribution in [-0.2, 0) is 17.8 Å². The van der Waals surface area contributed by atoms with Crippen molar-refractivity contribution < 1.29 is 9.90 Å². The number of nitrogens with one attached hydrogen (secondary N) is 1. The summed E-state index contributed by atoms with van der Waals surface area (Å²) >= 11 is 6.69. The van der Waals surface area contributed by atoms with Gasteiger partial charge >= 0.3 is 5.97 Å². The quantitative estimate of drug-likeness (QED) is 0.377. The summed E-state index contributed by atoms with van der Waals surface area (Å²) in [5, 5.41) is 13.6. The number of nitrogens with zero attached hydrogens (tertiary/aromatic N) is 5. The maximum atomic E-state index is 11.8. The van der Waals surface area contributed by atoms with Gasteiger partial charge in [0.1, 0.15) is 5.02 Å². The Bertz CT molecular complexity index is 1540. The lowest BCUT2D eigenvalue weighted by Gasteiger charge is -2.30. The molecule has 8 nitrogen and oxygen atoms in total. The van der Waals surface area contributed by atoms with Gasteiger partial charge < -0.3 is 20.2 Å². The zero-order chi connectivity index (χ0) is 28.0. The first-order valence-electron chi connectivity index (χ1n) is 13.7. The summed E-state index contributed by atoms with van der Waals surface area (Å²) in [5.41, 5.74) is 7.48. The second kappa shape index (κ2) is 10.3. The molecular formula is C31H33ClN6O2. The standard InChI is InChI=1S/C31H33ClN6O2/c1-19-5-4-6-26-28(19)31(2,15-27(39)40)18-38(26)29-25(32)16-34-30(36-29)35-22-13-21-17-37(3)12-9-23(21)24(14-22)20-7-10-33-11-8-20/h4,6-8,10-11,13-14,16,19H,5,9,12,15,17-18H2,1-3H3,(H,39,40)(H,34,35,36). The normalized spacial score (nSPS) is 22.3. The second-order valence-corrected chi connectivity index (χ2v) is 11.8. The molecule has 2 unspecified atom stereocenters. The number of aliphatic carboxylic acids is 1. The van der Waals surface area contributed by atoms with Crippen LogP contribution in [0.5, 0.6) is 0 Å². The Labute approximate surface area is 239 Å². The summed E-state index contributed by atoms with van der Waals surface area (Å²) in [4.78, 5) is 29.8. The molecule has 2 aromatic heterocycles. The Morgan fingerprint density at radius 3 is 2.85 bits per heavy atom. The lowest BCUT2D eigenvalue weighted by atomic mass is 9.73. The number of allylic oxidation sites excluding steroid dienone is 2. The lowest BCUT2D eigenvalue weighted by molar-refractivity contribution is -0.138. The number of benzene rings is 1. The van der Waals surface area contributed by atoms with Crippen molar-refractivity contribution in [2.75, 3.05) is 30.4 Å². The van der Waals surface area contributed by atoms with Crippen LogP contribution in [0.25, 0.3) is 11.1 Å². The number of hydrogen-bond donors (Lipinski definition) is 2. The van der Waals surface area contributed by atoms with Gasteiger partial charge in [-0.15, -0.1) is 0 Å². The number of halogens is 1. The van der Waals surface area contributed by atoms with Crippen LogP contribution in [0, 0.1) is 11.3 Å². The first kappa shape index (κ1) is 26.5. The molecule has 4 heterocycles. The van der Waals surface area contributed by atoms with E-state index in [0.717, 1.165) is 48.5 Å². The lowest BCUT2D eigenvalue weighted by Crippen LogP contribution is -2.31. The second-order valence-electron chi connectivity index (χ2n) is 11.4. The number of aromatic nitrogens is 3. The number of pyridine rings is 1. The smallest absolute Gasteiger partial charge is 0.304 e. The van der Waals surface area contributed by atoms with Crippen molar-refractivity contribution in [1.82, 2.24) is 19.9 Å². The third-order valence-corrected chi connectivity index (χ3v) is 8.55. The highest BCUT2D eigenvalue weighted by molar-refractivity contribution is 6.33. The predicted molar refractivity (Wildman–Crippen MR) is 158 cm³/mol. The molecule has 3 aliphatic rings. The Balaban J connectivity index is 1.37. The number of likely N-dealkylation sites (N-methyl/N-ethyl adjacent to an activating group) is 1. The average Bonchev–Trinajstić information content (AvgIpc) is 3.22. The van der Waals surface area contributed by atoms with Crippen molar-refractivity contribution in [1.29, 1.82) is 0 Å². The van der Waals surface area contributed by atoms with Crippen LogP contribution >= 0.6 is 11.6 Å². The summed E-state index contributed by atoms with van der Waals surface area (Å²) in [6, 6.07) is 8.42. The van der Waals surface area contributed by atoms with Gasteiger partial charge in [-0.25, -0.2) is 4.98 Å². The molecule has 0 saturated heterocycles. The molecule has 0 amide bonds. The first-order chi connectivity index (χ1) is 19.2. The summed E-state index contributed by atoms with van der Waals surface area (Å²) in [6.07, 6.45) is 11.4. The van der Waals surface area contributed by atoms with E-state index in [9.17, 15) is 9.90 Å². The van der Waals surface area contributed by atoms with Crippen LogP contribution in [0.15, 0.2) is 66.3 Å². The van der Waals surface area contributed by atoms with Gasteiger partial charge in [-0.05, 0) is 84.0 Å². The zero-order valence-electron chi connectivity index (χ0n) is 23.0. The van der Waals surface area contributed by atoms with Crippen molar-refractivity contribution in [2.45, 2.75) is 39.7 Å². The van der Waals surface area contributed by atoms with Crippen molar-refractivity contribution in [3.63, 3.8) is 0 Å². The van der Waals surface area contributed by atoms with E-state index in [4.69, 9.17) is 16.6 Å². The van der Waals surface area contributed by atoms with Crippen molar-refractivity contribution in [3.05, 3.63) is 82.4 Å². The molecule has 2 aliphatic heterocycles. The topological polar surface area (TPSA) is 94.5 Å². The molecule has 40 heavy (non-hydrogen) atoms. The SMILES string of the molecule is CC1CC=CC2=C1C(C)(CC(=O)O)CN2c1nc(Nc2cc3c(c(-c4ccncc4)c2)CCN(C)C3)ncc1Cl. The number of carboxylic acid groups (broad SMARTS) is 1. The zero-order valence-corrected chi connectivity index (χ0v) is 23.7. The molecule has 206 valence electrons. The molecule has 3 aromatic rings. The number of carboxylic acids is 1. The van der Waals surface area contributed by atoms with E-state index >= 15 is 0 Å². The minimum absolute atomic E-state index is 0.0513. The van der Waals surface area contributed by atoms with E-state index in [0.29, 0.717) is 23.3 Å². The first-order valence-corrected chi connectivity index (χ1v) is 14.0. The molecular weight excluding hydrogens is 524 g/mol. The van der Waals surface area contributed by atoms with Crippen LogP contribution in [0.3, 0.4) is 0 Å². The number of rotatable bonds is 6. The highest BCUT2D eigenvalue weighted by Crippen LogP contribution is 2.50. The maximum absolute atomic E-state index is 11.8. The van der Waals surface area contributed by atoms with E-state index < -0.39 is 11.4 Å². The van der Waals surface area contributed by atoms with E-state index in [1.807, 2.05) is 31.5 Å². The maximum Gasteiger partial charge on any atom is 0.304 e. The Morgan fingerprint density at radius 2 is 2.08 bits per heavy atom. The molecule has 2 atom stereocenters.